The van der Waals surface area contributed by atoms with Crippen LogP contribution in [0, 0.1) is 13.8 Å². The first kappa shape index (κ1) is 21.9. The zero-order valence-corrected chi connectivity index (χ0v) is 19.3. The predicted molar refractivity (Wildman–Crippen MR) is 123 cm³/mol. The first-order chi connectivity index (χ1) is 15.4. The number of methoxy groups -OCH3 is 3. The number of benzene rings is 2. The maximum Gasteiger partial charge on any atom is 0.232 e. The van der Waals surface area contributed by atoms with Crippen molar-refractivity contribution < 1.29 is 23.8 Å². The van der Waals surface area contributed by atoms with Crippen LogP contribution < -0.4 is 19.1 Å². The molecule has 168 valence electrons. The molecule has 0 N–H and O–H groups in total. The van der Waals surface area contributed by atoms with Gasteiger partial charge in [0.15, 0.2) is 17.3 Å². The molecule has 1 unspecified atom stereocenters. The van der Waals surface area contributed by atoms with E-state index in [2.05, 4.69) is 0 Å². The highest BCUT2D eigenvalue weighted by molar-refractivity contribution is 6.07. The van der Waals surface area contributed by atoms with Gasteiger partial charge in [0.2, 0.25) is 11.7 Å². The molecule has 0 aromatic heterocycles. The molecule has 2 aliphatic rings. The number of nitrogens with zero attached hydrogens (tertiary/aromatic N) is 1. The Morgan fingerprint density at radius 2 is 1.59 bits per heavy atom. The first-order valence-electron chi connectivity index (χ1n) is 10.9. The average Bonchev–Trinajstić information content (AvgIpc) is 2.79. The molecule has 0 fully saturated rings. The Hall–Kier alpha value is -3.28. The maximum absolute atomic E-state index is 13.5. The molecule has 1 aliphatic carbocycles. The van der Waals surface area contributed by atoms with Gasteiger partial charge in [0, 0.05) is 30.0 Å². The van der Waals surface area contributed by atoms with Crippen molar-refractivity contribution in [2.45, 2.75) is 45.4 Å². The van der Waals surface area contributed by atoms with Crippen LogP contribution in [-0.4, -0.2) is 33.0 Å². The van der Waals surface area contributed by atoms with Crippen molar-refractivity contribution in [3.8, 4) is 17.2 Å². The van der Waals surface area contributed by atoms with Crippen molar-refractivity contribution in [1.82, 2.24) is 0 Å². The standard InChI is InChI=1S/C26H29NO5/c1-15-9-10-16(2)20(11-15)27-19-7-6-8-21(28)25(19)18(14-24(27)29)17-12-22(30-3)26(32-5)23(13-17)31-4/h9-13,18H,6-8,14H2,1-5H3. The lowest BCUT2D eigenvalue weighted by molar-refractivity contribution is -0.119. The Balaban J connectivity index is 1.90. The smallest absolute Gasteiger partial charge is 0.232 e. The second-order valence-corrected chi connectivity index (χ2v) is 8.37. The first-order valence-corrected chi connectivity index (χ1v) is 10.9. The molecule has 2 aromatic carbocycles. The van der Waals surface area contributed by atoms with Gasteiger partial charge < -0.3 is 14.2 Å². The topological polar surface area (TPSA) is 65.1 Å². The van der Waals surface area contributed by atoms with Crippen LogP contribution in [0.5, 0.6) is 17.2 Å². The molecule has 1 aliphatic heterocycles. The number of carbonyl (C=O) groups excluding carboxylic acids is 2. The van der Waals surface area contributed by atoms with E-state index >= 15 is 0 Å². The quantitative estimate of drug-likeness (QED) is 0.671. The Bertz CT molecular complexity index is 1090. The highest BCUT2D eigenvalue weighted by Crippen LogP contribution is 2.47. The number of hydrogen-bond donors (Lipinski definition) is 0. The van der Waals surface area contributed by atoms with E-state index in [0.29, 0.717) is 30.1 Å². The predicted octanol–water partition coefficient (Wildman–Crippen LogP) is 4.86. The molecular weight excluding hydrogens is 406 g/mol. The lowest BCUT2D eigenvalue weighted by Gasteiger charge is -2.39. The van der Waals surface area contributed by atoms with Crippen molar-refractivity contribution in [3.63, 3.8) is 0 Å². The van der Waals surface area contributed by atoms with Gasteiger partial charge in [0.25, 0.3) is 0 Å². The summed E-state index contributed by atoms with van der Waals surface area (Å²) in [5, 5.41) is 0. The third-order valence-electron chi connectivity index (χ3n) is 6.37. The van der Waals surface area contributed by atoms with Crippen LogP contribution in [0.3, 0.4) is 0 Å². The van der Waals surface area contributed by atoms with Crippen molar-refractivity contribution >= 4 is 17.4 Å². The summed E-state index contributed by atoms with van der Waals surface area (Å²) in [6, 6.07) is 9.77. The van der Waals surface area contributed by atoms with E-state index in [-0.39, 0.29) is 24.0 Å². The fraction of sp³-hybridized carbons (Fsp3) is 0.385. The van der Waals surface area contributed by atoms with Crippen molar-refractivity contribution in [2.75, 3.05) is 26.2 Å². The van der Waals surface area contributed by atoms with Crippen LogP contribution in [0.15, 0.2) is 41.6 Å². The van der Waals surface area contributed by atoms with Crippen LogP contribution in [0.4, 0.5) is 5.69 Å². The highest BCUT2D eigenvalue weighted by Gasteiger charge is 2.40. The summed E-state index contributed by atoms with van der Waals surface area (Å²) in [6.45, 7) is 4.01. The number of anilines is 1. The highest BCUT2D eigenvalue weighted by atomic mass is 16.5. The zero-order valence-electron chi connectivity index (χ0n) is 19.3. The fourth-order valence-electron chi connectivity index (χ4n) is 4.82. The number of aryl methyl sites for hydroxylation is 2. The normalized spacial score (nSPS) is 18.5. The summed E-state index contributed by atoms with van der Waals surface area (Å²) < 4.78 is 16.5. The maximum atomic E-state index is 13.5. The molecule has 0 radical (unpaired) electrons. The van der Waals surface area contributed by atoms with Gasteiger partial charge in [-0.3, -0.25) is 14.5 Å². The number of carbonyl (C=O) groups is 2. The van der Waals surface area contributed by atoms with Crippen LogP contribution in [0.25, 0.3) is 0 Å². The largest absolute Gasteiger partial charge is 0.493 e. The molecule has 6 heteroatoms. The number of hydrogen-bond acceptors (Lipinski definition) is 5. The van der Waals surface area contributed by atoms with Gasteiger partial charge in [-0.2, -0.15) is 0 Å². The third kappa shape index (κ3) is 3.64. The minimum Gasteiger partial charge on any atom is -0.493 e. The van der Waals surface area contributed by atoms with Crippen LogP contribution in [0.2, 0.25) is 0 Å². The molecule has 0 saturated carbocycles. The average molecular weight is 436 g/mol. The summed E-state index contributed by atoms with van der Waals surface area (Å²) >= 11 is 0. The van der Waals surface area contributed by atoms with Crippen LogP contribution in [-0.2, 0) is 9.59 Å². The molecule has 1 heterocycles. The molecule has 2 aromatic rings. The van der Waals surface area contributed by atoms with Crippen molar-refractivity contribution in [3.05, 3.63) is 58.3 Å². The van der Waals surface area contributed by atoms with Gasteiger partial charge in [0.05, 0.1) is 27.0 Å². The lowest BCUT2D eigenvalue weighted by atomic mass is 9.77. The molecule has 32 heavy (non-hydrogen) atoms. The van der Waals surface area contributed by atoms with Gasteiger partial charge in [-0.05, 0) is 61.6 Å². The molecule has 6 nitrogen and oxygen atoms in total. The van der Waals surface area contributed by atoms with Crippen LogP contribution >= 0.6 is 0 Å². The van der Waals surface area contributed by atoms with Crippen molar-refractivity contribution in [2.24, 2.45) is 0 Å². The minimum atomic E-state index is -0.347. The Morgan fingerprint density at radius 1 is 0.906 bits per heavy atom. The van der Waals surface area contributed by atoms with Crippen molar-refractivity contribution in [1.29, 1.82) is 0 Å². The van der Waals surface area contributed by atoms with E-state index in [1.54, 1.807) is 26.2 Å². The number of allylic oxidation sites excluding steroid dienone is 2. The Morgan fingerprint density at radius 3 is 2.22 bits per heavy atom. The second-order valence-electron chi connectivity index (χ2n) is 8.37. The minimum absolute atomic E-state index is 0.00842. The molecule has 0 spiro atoms. The summed E-state index contributed by atoms with van der Waals surface area (Å²) in [4.78, 5) is 28.5. The van der Waals surface area contributed by atoms with Gasteiger partial charge in [0.1, 0.15) is 0 Å². The molecule has 1 amide bonds. The SMILES string of the molecule is COc1cc(C2CC(=O)N(c3cc(C)ccc3C)C3=C2C(=O)CCC3)cc(OC)c1OC. The zero-order chi connectivity index (χ0) is 23.0. The Kier molecular flexibility index (Phi) is 5.96. The second kappa shape index (κ2) is 8.69. The van der Waals surface area contributed by atoms with E-state index < -0.39 is 0 Å². The van der Waals surface area contributed by atoms with Gasteiger partial charge in [-0.15, -0.1) is 0 Å². The van der Waals surface area contributed by atoms with E-state index in [1.807, 2.05) is 44.2 Å². The molecule has 1 atom stereocenters. The van der Waals surface area contributed by atoms with E-state index in [4.69, 9.17) is 14.2 Å². The molecule has 0 saturated heterocycles. The monoisotopic (exact) mass is 435 g/mol. The lowest BCUT2D eigenvalue weighted by Crippen LogP contribution is -2.41. The fourth-order valence-corrected chi connectivity index (χ4v) is 4.82. The van der Waals surface area contributed by atoms with E-state index in [1.165, 1.54) is 0 Å². The van der Waals surface area contributed by atoms with E-state index in [0.717, 1.165) is 40.1 Å². The van der Waals surface area contributed by atoms with Gasteiger partial charge in [-0.1, -0.05) is 12.1 Å². The molecular formula is C26H29NO5. The summed E-state index contributed by atoms with van der Waals surface area (Å²) in [5.74, 6) is 1.26. The Labute approximate surface area is 188 Å². The molecule has 0 bridgehead atoms. The third-order valence-corrected chi connectivity index (χ3v) is 6.37. The van der Waals surface area contributed by atoms with E-state index in [9.17, 15) is 9.59 Å². The number of Topliss-reactive ketones (excluding diaryl/α,β-unsaturated/α-hetero) is 1. The van der Waals surface area contributed by atoms with Crippen LogP contribution in [0.1, 0.15) is 48.3 Å². The number of rotatable bonds is 5. The number of amides is 1. The van der Waals surface area contributed by atoms with Gasteiger partial charge >= 0.3 is 0 Å². The number of ether oxygens (including phenoxy) is 3. The summed E-state index contributed by atoms with van der Waals surface area (Å²) in [5.41, 5.74) is 5.32. The van der Waals surface area contributed by atoms with Gasteiger partial charge in [-0.25, -0.2) is 0 Å². The summed E-state index contributed by atoms with van der Waals surface area (Å²) in [6.07, 6.45) is 2.14. The molecule has 4 rings (SSSR count). The summed E-state index contributed by atoms with van der Waals surface area (Å²) in [7, 11) is 4.68. The number of ketones is 1.